The maximum Gasteiger partial charge on any atom is 0.165 e. The van der Waals surface area contributed by atoms with E-state index >= 15 is 0 Å². The minimum atomic E-state index is 0.905. The maximum atomic E-state index is 6.45. The van der Waals surface area contributed by atoms with E-state index in [2.05, 4.69) is 89.3 Å². The van der Waals surface area contributed by atoms with E-state index in [0.29, 0.717) is 0 Å². The lowest BCUT2D eigenvalue weighted by Crippen LogP contribution is -1.89. The Morgan fingerprint density at radius 2 is 1.40 bits per heavy atom. The molecule has 43 heavy (non-hydrogen) atoms. The van der Waals surface area contributed by atoms with Gasteiger partial charge in [-0.05, 0) is 48.0 Å². The van der Waals surface area contributed by atoms with Crippen LogP contribution in [0.3, 0.4) is 0 Å². The van der Waals surface area contributed by atoms with Gasteiger partial charge in [0.15, 0.2) is 5.65 Å². The Morgan fingerprint density at radius 1 is 0.605 bits per heavy atom. The van der Waals surface area contributed by atoms with Crippen molar-refractivity contribution in [2.24, 2.45) is 0 Å². The molecule has 0 aliphatic heterocycles. The van der Waals surface area contributed by atoms with Crippen molar-refractivity contribution < 1.29 is 4.42 Å². The summed E-state index contributed by atoms with van der Waals surface area (Å²) < 4.78 is 11.4. The van der Waals surface area contributed by atoms with Gasteiger partial charge in [0.1, 0.15) is 16.7 Å². The number of fused-ring (bicyclic) bond motifs is 14. The van der Waals surface area contributed by atoms with E-state index in [-0.39, 0.29) is 0 Å². The van der Waals surface area contributed by atoms with Crippen molar-refractivity contribution in [3.63, 3.8) is 0 Å². The second kappa shape index (κ2) is 7.65. The molecule has 0 saturated carbocycles. The highest BCUT2D eigenvalue weighted by molar-refractivity contribution is 7.26. The van der Waals surface area contributed by atoms with Gasteiger partial charge in [0, 0.05) is 52.7 Å². The summed E-state index contributed by atoms with van der Waals surface area (Å²) in [6.45, 7) is 0. The number of para-hydroxylation sites is 4. The predicted molar refractivity (Wildman–Crippen MR) is 180 cm³/mol. The molecule has 0 saturated heterocycles. The van der Waals surface area contributed by atoms with Crippen LogP contribution in [-0.4, -0.2) is 14.4 Å². The topological polar surface area (TPSA) is 43.3 Å². The highest BCUT2D eigenvalue weighted by Crippen LogP contribution is 2.48. The molecule has 0 aliphatic rings. The summed E-state index contributed by atoms with van der Waals surface area (Å²) >= 11 is 1.87. The van der Waals surface area contributed by atoms with Gasteiger partial charge < -0.3 is 4.42 Å². The van der Waals surface area contributed by atoms with E-state index in [0.717, 1.165) is 66.2 Å². The first-order valence-electron chi connectivity index (χ1n) is 14.4. The summed E-state index contributed by atoms with van der Waals surface area (Å²) in [7, 11) is 0. The van der Waals surface area contributed by atoms with E-state index in [1.807, 2.05) is 41.7 Å². The normalized spacial score (nSPS) is 12.7. The van der Waals surface area contributed by atoms with E-state index in [4.69, 9.17) is 14.4 Å². The van der Waals surface area contributed by atoms with Gasteiger partial charge in [-0.1, -0.05) is 72.8 Å². The Morgan fingerprint density at radius 3 is 2.33 bits per heavy atom. The quantitative estimate of drug-likeness (QED) is 0.199. The van der Waals surface area contributed by atoms with Gasteiger partial charge in [-0.25, -0.2) is 9.97 Å². The molecule has 5 heterocycles. The maximum absolute atomic E-state index is 6.45. The third-order valence-electron chi connectivity index (χ3n) is 9.11. The fourth-order valence-corrected chi connectivity index (χ4v) is 8.50. The third kappa shape index (κ3) is 2.71. The second-order valence-corrected chi connectivity index (χ2v) is 12.4. The van der Waals surface area contributed by atoms with E-state index in [1.54, 1.807) is 0 Å². The largest absolute Gasteiger partial charge is 0.455 e. The number of hydrogen-bond donors (Lipinski definition) is 0. The van der Waals surface area contributed by atoms with Crippen LogP contribution in [0.15, 0.2) is 120 Å². The smallest absolute Gasteiger partial charge is 0.165 e. The van der Waals surface area contributed by atoms with Gasteiger partial charge in [-0.3, -0.25) is 4.40 Å². The summed E-state index contributed by atoms with van der Waals surface area (Å²) in [5.74, 6) is 0. The minimum Gasteiger partial charge on any atom is -0.455 e. The molecule has 0 unspecified atom stereocenters. The van der Waals surface area contributed by atoms with Crippen LogP contribution >= 0.6 is 11.3 Å². The van der Waals surface area contributed by atoms with Crippen LogP contribution in [-0.2, 0) is 0 Å². The Balaban J connectivity index is 1.34. The minimum absolute atomic E-state index is 0.905. The Labute approximate surface area is 247 Å². The first-order valence-corrected chi connectivity index (χ1v) is 15.2. The molecule has 11 rings (SSSR count). The Kier molecular flexibility index (Phi) is 3.94. The zero-order valence-corrected chi connectivity index (χ0v) is 23.4. The summed E-state index contributed by atoms with van der Waals surface area (Å²) in [6.07, 6.45) is 0. The number of nitrogens with zero attached hydrogens (tertiary/aromatic N) is 3. The van der Waals surface area contributed by atoms with Crippen LogP contribution < -0.4 is 0 Å². The van der Waals surface area contributed by atoms with Gasteiger partial charge in [0.2, 0.25) is 0 Å². The number of aromatic nitrogens is 3. The summed E-state index contributed by atoms with van der Waals surface area (Å²) in [4.78, 5) is 10.4. The van der Waals surface area contributed by atoms with E-state index in [9.17, 15) is 0 Å². The van der Waals surface area contributed by atoms with Crippen molar-refractivity contribution in [3.05, 3.63) is 115 Å². The summed E-state index contributed by atoms with van der Waals surface area (Å²) in [5.41, 5.74) is 10.1. The summed E-state index contributed by atoms with van der Waals surface area (Å²) in [5, 5.41) is 8.48. The molecule has 5 heteroatoms. The average Bonchev–Trinajstić information content (AvgIpc) is 3.79. The fraction of sp³-hybridized carbons (Fsp3) is 0. The highest BCUT2D eigenvalue weighted by Gasteiger charge is 2.24. The molecule has 11 aromatic rings. The Hall–Kier alpha value is -5.52. The molecule has 6 aromatic carbocycles. The van der Waals surface area contributed by atoms with Crippen molar-refractivity contribution in [1.82, 2.24) is 14.4 Å². The third-order valence-corrected chi connectivity index (χ3v) is 10.3. The van der Waals surface area contributed by atoms with Crippen molar-refractivity contribution in [3.8, 4) is 11.1 Å². The number of thiophene rings is 1. The van der Waals surface area contributed by atoms with E-state index < -0.39 is 0 Å². The lowest BCUT2D eigenvalue weighted by atomic mass is 9.99. The van der Waals surface area contributed by atoms with Crippen molar-refractivity contribution in [2.45, 2.75) is 0 Å². The van der Waals surface area contributed by atoms with Crippen LogP contribution in [0.2, 0.25) is 0 Å². The van der Waals surface area contributed by atoms with Gasteiger partial charge in [-0.15, -0.1) is 11.3 Å². The van der Waals surface area contributed by atoms with Crippen LogP contribution in [0.25, 0.3) is 103 Å². The summed E-state index contributed by atoms with van der Waals surface area (Å²) in [6, 6.07) is 40.8. The first kappa shape index (κ1) is 22.1. The molecule has 5 aromatic heterocycles. The lowest BCUT2D eigenvalue weighted by Gasteiger charge is -2.05. The molecule has 0 N–H and O–H groups in total. The van der Waals surface area contributed by atoms with Crippen molar-refractivity contribution in [2.75, 3.05) is 0 Å². The van der Waals surface area contributed by atoms with Gasteiger partial charge >= 0.3 is 0 Å². The highest BCUT2D eigenvalue weighted by atomic mass is 32.1. The molecule has 4 nitrogen and oxygen atoms in total. The molecule has 0 amide bonds. The lowest BCUT2D eigenvalue weighted by molar-refractivity contribution is 0.670. The van der Waals surface area contributed by atoms with Gasteiger partial charge in [-0.2, -0.15) is 0 Å². The Bertz CT molecular complexity index is 2960. The van der Waals surface area contributed by atoms with Crippen LogP contribution in [0, 0.1) is 0 Å². The van der Waals surface area contributed by atoms with Crippen LogP contribution in [0.5, 0.6) is 0 Å². The van der Waals surface area contributed by atoms with E-state index in [1.165, 1.54) is 36.5 Å². The monoisotopic (exact) mass is 565 g/mol. The molecule has 0 radical (unpaired) electrons. The number of benzene rings is 6. The average molecular weight is 566 g/mol. The number of furan rings is 1. The second-order valence-electron chi connectivity index (χ2n) is 11.4. The molecule has 0 spiro atoms. The van der Waals surface area contributed by atoms with Crippen LogP contribution in [0.4, 0.5) is 0 Å². The molecule has 0 aliphatic carbocycles. The SMILES string of the molecule is c1ccc2nc3c(nc2c1)c1cc2c4ccccc4sc2c2c4cc(-c5cccc6c5oc5ccccc56)ccc4n3c12. The molecule has 0 atom stereocenters. The first-order chi connectivity index (χ1) is 21.3. The number of rotatable bonds is 1. The zero-order chi connectivity index (χ0) is 27.8. The van der Waals surface area contributed by atoms with Crippen LogP contribution in [0.1, 0.15) is 0 Å². The van der Waals surface area contributed by atoms with Gasteiger partial charge in [0.25, 0.3) is 0 Å². The van der Waals surface area contributed by atoms with Gasteiger partial charge in [0.05, 0.1) is 22.1 Å². The molecular formula is C38H19N3OS. The standard InChI is InChI=1S/C38H19N3OS/c1-5-14-31-22(8-1)24-11-7-10-21(36(24)42-31)20-16-17-30-26(18-20)33-35-27(19-25-23-9-2-6-15-32(23)43-37(25)33)34-38(41(30)35)40-29-13-4-3-12-28(29)39-34/h1-19H. The molecule has 0 fully saturated rings. The molecule has 0 bridgehead atoms. The zero-order valence-electron chi connectivity index (χ0n) is 22.6. The number of hydrogen-bond acceptors (Lipinski definition) is 4. The predicted octanol–water partition coefficient (Wildman–Crippen LogP) is 10.7. The molecular weight excluding hydrogens is 547 g/mol. The fourth-order valence-electron chi connectivity index (χ4n) is 7.25. The van der Waals surface area contributed by atoms with Crippen molar-refractivity contribution in [1.29, 1.82) is 0 Å². The molecule has 198 valence electrons. The van der Waals surface area contributed by atoms with Crippen molar-refractivity contribution >= 4 is 103 Å².